The zero-order chi connectivity index (χ0) is 30.3. The van der Waals surface area contributed by atoms with Gasteiger partial charge in [0.25, 0.3) is 5.91 Å². The van der Waals surface area contributed by atoms with Gasteiger partial charge in [0.15, 0.2) is 17.3 Å². The van der Waals surface area contributed by atoms with Gasteiger partial charge in [0.1, 0.15) is 23.2 Å². The Hall–Kier alpha value is -4.14. The lowest BCUT2D eigenvalue weighted by molar-refractivity contribution is -0.174. The summed E-state index contributed by atoms with van der Waals surface area (Å²) < 4.78 is 70.7. The molecule has 3 aromatic heterocycles. The Morgan fingerprint density at radius 3 is 2.46 bits per heavy atom. The van der Waals surface area contributed by atoms with Gasteiger partial charge in [-0.15, -0.1) is 0 Å². The van der Waals surface area contributed by atoms with E-state index in [0.29, 0.717) is 25.2 Å². The number of nitrogens with one attached hydrogen (secondary N) is 1. The molecule has 220 valence electrons. The average Bonchev–Trinajstić information content (AvgIpc) is 2.87. The number of hydrogen-bond donors (Lipinski definition) is 2. The molecule has 3 aromatic rings. The molecule has 15 heteroatoms. The summed E-state index contributed by atoms with van der Waals surface area (Å²) >= 11 is 0. The number of hydrogen-bond acceptors (Lipinski definition) is 6. The summed E-state index contributed by atoms with van der Waals surface area (Å²) in [6, 6.07) is 0.194. The molecule has 1 aliphatic rings. The monoisotopic (exact) mass is 582 g/mol. The standard InChI is InChI=1S/C26H27F5N6O4/c1-25(2,3)23(26(29,30)31)34-22(40)16-13-37(21-17(28)11-14(27)12-32-21)20-15(19(16)39)5-6-18(33-20)36-8-4-7-35(9-10-38)24(36)41/h5-6,11-13,23,38H,4,7-10H2,1-3H3,(H,34,40). The number of halogens is 5. The van der Waals surface area contributed by atoms with Crippen molar-refractivity contribution in [2.24, 2.45) is 5.41 Å². The van der Waals surface area contributed by atoms with Crippen molar-refractivity contribution in [2.75, 3.05) is 31.1 Å². The SMILES string of the molecule is CC(C)(C)C(NC(=O)c1cn(-c2ncc(F)cc2F)c2nc(N3CCCN(CCO)C3=O)ccc2c1=O)C(F)(F)F. The van der Waals surface area contributed by atoms with Crippen molar-refractivity contribution in [1.82, 2.24) is 24.8 Å². The van der Waals surface area contributed by atoms with Crippen LogP contribution < -0.4 is 15.6 Å². The average molecular weight is 583 g/mol. The minimum Gasteiger partial charge on any atom is -0.395 e. The molecular formula is C26H27F5N6O4. The number of aromatic nitrogens is 3. The molecular weight excluding hydrogens is 555 g/mol. The van der Waals surface area contributed by atoms with E-state index in [1.54, 1.807) is 0 Å². The Morgan fingerprint density at radius 2 is 1.85 bits per heavy atom. The summed E-state index contributed by atoms with van der Waals surface area (Å²) in [6.45, 7) is 4.22. The highest BCUT2D eigenvalue weighted by Gasteiger charge is 2.48. The summed E-state index contributed by atoms with van der Waals surface area (Å²) in [5.74, 6) is -4.16. The van der Waals surface area contributed by atoms with Crippen LogP contribution in [0, 0.1) is 17.0 Å². The third-order valence-corrected chi connectivity index (χ3v) is 6.52. The number of anilines is 1. The van der Waals surface area contributed by atoms with E-state index in [0.717, 1.165) is 10.8 Å². The summed E-state index contributed by atoms with van der Waals surface area (Å²) in [5, 5.41) is 10.8. The lowest BCUT2D eigenvalue weighted by atomic mass is 9.86. The van der Waals surface area contributed by atoms with Crippen LogP contribution in [-0.2, 0) is 0 Å². The molecule has 1 unspecified atom stereocenters. The van der Waals surface area contributed by atoms with Gasteiger partial charge in [-0.05, 0) is 24.0 Å². The fraction of sp³-hybridized carbons (Fsp3) is 0.423. The second-order valence-corrected chi connectivity index (χ2v) is 10.6. The first-order valence-electron chi connectivity index (χ1n) is 12.6. The number of aliphatic hydroxyl groups is 1. The Labute approximate surface area is 230 Å². The van der Waals surface area contributed by atoms with Crippen molar-refractivity contribution in [2.45, 2.75) is 39.4 Å². The van der Waals surface area contributed by atoms with Gasteiger partial charge in [-0.3, -0.25) is 19.1 Å². The molecule has 0 spiro atoms. The predicted octanol–water partition coefficient (Wildman–Crippen LogP) is 3.39. The minimum absolute atomic E-state index is 0.0443. The summed E-state index contributed by atoms with van der Waals surface area (Å²) in [6.07, 6.45) is -2.87. The first kappa shape index (κ1) is 29.8. The summed E-state index contributed by atoms with van der Waals surface area (Å²) in [4.78, 5) is 50.1. The number of nitrogens with zero attached hydrogens (tertiary/aromatic N) is 5. The van der Waals surface area contributed by atoms with Crippen molar-refractivity contribution in [3.8, 4) is 5.82 Å². The molecule has 10 nitrogen and oxygen atoms in total. The highest BCUT2D eigenvalue weighted by Crippen LogP contribution is 2.33. The topological polar surface area (TPSA) is 121 Å². The Morgan fingerprint density at radius 1 is 1.15 bits per heavy atom. The number of alkyl halides is 3. The molecule has 0 saturated carbocycles. The smallest absolute Gasteiger partial charge is 0.395 e. The van der Waals surface area contributed by atoms with Gasteiger partial charge >= 0.3 is 12.2 Å². The van der Waals surface area contributed by atoms with Gasteiger partial charge in [-0.1, -0.05) is 20.8 Å². The van der Waals surface area contributed by atoms with Crippen LogP contribution in [0.15, 0.2) is 35.4 Å². The van der Waals surface area contributed by atoms with E-state index in [1.165, 1.54) is 42.7 Å². The van der Waals surface area contributed by atoms with Crippen LogP contribution in [0.3, 0.4) is 0 Å². The molecule has 0 bridgehead atoms. The quantitative estimate of drug-likeness (QED) is 0.430. The maximum atomic E-state index is 14.9. The van der Waals surface area contributed by atoms with Gasteiger partial charge in [-0.2, -0.15) is 13.2 Å². The van der Waals surface area contributed by atoms with Crippen molar-refractivity contribution in [1.29, 1.82) is 0 Å². The van der Waals surface area contributed by atoms with E-state index in [-0.39, 0.29) is 36.5 Å². The molecule has 0 radical (unpaired) electrons. The molecule has 2 N–H and O–H groups in total. The number of fused-ring (bicyclic) bond motifs is 1. The molecule has 1 aliphatic heterocycles. The van der Waals surface area contributed by atoms with Crippen LogP contribution in [-0.4, -0.2) is 74.9 Å². The Kier molecular flexibility index (Phi) is 8.02. The molecule has 0 aliphatic carbocycles. The first-order valence-corrected chi connectivity index (χ1v) is 12.6. The number of aliphatic hydroxyl groups excluding tert-OH is 1. The van der Waals surface area contributed by atoms with E-state index in [4.69, 9.17) is 0 Å². The fourth-order valence-corrected chi connectivity index (χ4v) is 4.57. The van der Waals surface area contributed by atoms with Crippen molar-refractivity contribution >= 4 is 28.8 Å². The van der Waals surface area contributed by atoms with E-state index >= 15 is 0 Å². The zero-order valence-corrected chi connectivity index (χ0v) is 22.3. The fourth-order valence-electron chi connectivity index (χ4n) is 4.57. The first-order chi connectivity index (χ1) is 19.1. The molecule has 0 aromatic carbocycles. The van der Waals surface area contributed by atoms with Crippen molar-refractivity contribution < 1.29 is 36.6 Å². The summed E-state index contributed by atoms with van der Waals surface area (Å²) in [5.41, 5.74) is -3.52. The number of rotatable bonds is 6. The predicted molar refractivity (Wildman–Crippen MR) is 138 cm³/mol. The van der Waals surface area contributed by atoms with E-state index in [9.17, 15) is 41.4 Å². The molecule has 4 heterocycles. The molecule has 1 fully saturated rings. The van der Waals surface area contributed by atoms with E-state index < -0.39 is 58.0 Å². The van der Waals surface area contributed by atoms with Crippen molar-refractivity contribution in [3.63, 3.8) is 0 Å². The third kappa shape index (κ3) is 5.99. The molecule has 41 heavy (non-hydrogen) atoms. The molecule has 3 amide bonds. The van der Waals surface area contributed by atoms with Crippen LogP contribution in [0.5, 0.6) is 0 Å². The van der Waals surface area contributed by atoms with Crippen LogP contribution >= 0.6 is 0 Å². The molecule has 4 rings (SSSR count). The second kappa shape index (κ2) is 11.0. The minimum atomic E-state index is -4.85. The van der Waals surface area contributed by atoms with Gasteiger partial charge in [0, 0.05) is 31.9 Å². The largest absolute Gasteiger partial charge is 0.409 e. The van der Waals surface area contributed by atoms with Gasteiger partial charge < -0.3 is 15.3 Å². The summed E-state index contributed by atoms with van der Waals surface area (Å²) in [7, 11) is 0. The van der Waals surface area contributed by atoms with E-state index in [2.05, 4.69) is 9.97 Å². The number of carbonyl (C=O) groups excluding carboxylic acids is 2. The highest BCUT2D eigenvalue weighted by molar-refractivity contribution is 5.98. The Bertz CT molecular complexity index is 1540. The number of pyridine rings is 3. The number of amides is 3. The van der Waals surface area contributed by atoms with Gasteiger partial charge in [-0.25, -0.2) is 23.5 Å². The van der Waals surface area contributed by atoms with Crippen LogP contribution in [0.1, 0.15) is 37.6 Å². The van der Waals surface area contributed by atoms with Crippen LogP contribution in [0.25, 0.3) is 16.9 Å². The van der Waals surface area contributed by atoms with Crippen LogP contribution in [0.4, 0.5) is 32.6 Å². The zero-order valence-electron chi connectivity index (χ0n) is 22.3. The lowest BCUT2D eigenvalue weighted by Gasteiger charge is -2.34. The maximum Gasteiger partial charge on any atom is 0.409 e. The van der Waals surface area contributed by atoms with Crippen LogP contribution in [0.2, 0.25) is 0 Å². The third-order valence-electron chi connectivity index (χ3n) is 6.52. The molecule has 1 atom stereocenters. The number of β-amino-alcohol motifs (C(OH)–C–C–N with tert-alkyl or cyclic N) is 1. The lowest BCUT2D eigenvalue weighted by Crippen LogP contribution is -2.53. The van der Waals surface area contributed by atoms with Crippen molar-refractivity contribution in [3.05, 3.63) is 58.0 Å². The normalized spacial score (nSPS) is 15.4. The maximum absolute atomic E-state index is 14.9. The van der Waals surface area contributed by atoms with Gasteiger partial charge in [0.2, 0.25) is 5.43 Å². The van der Waals surface area contributed by atoms with Gasteiger partial charge in [0.05, 0.1) is 18.2 Å². The molecule has 1 saturated heterocycles. The number of carbonyl (C=O) groups is 2. The number of urea groups is 1. The highest BCUT2D eigenvalue weighted by atomic mass is 19.4. The van der Waals surface area contributed by atoms with E-state index in [1.807, 2.05) is 5.32 Å². The second-order valence-electron chi connectivity index (χ2n) is 10.6. The Balaban J connectivity index is 1.90.